The van der Waals surface area contributed by atoms with E-state index >= 15 is 0 Å². The molecule has 0 spiro atoms. The minimum atomic E-state index is -0.997. The normalized spacial score (nSPS) is 12.1. The molecule has 0 fully saturated rings. The summed E-state index contributed by atoms with van der Waals surface area (Å²) in [5.41, 5.74) is 1.64. The molecule has 0 heterocycles. The number of hydrogen-bond donors (Lipinski definition) is 1. The van der Waals surface area contributed by atoms with Gasteiger partial charge in [-0.3, -0.25) is 4.99 Å². The monoisotopic (exact) mass is 313 g/mol. The van der Waals surface area contributed by atoms with Crippen molar-refractivity contribution in [3.05, 3.63) is 54.1 Å². The summed E-state index contributed by atoms with van der Waals surface area (Å²) in [5, 5.41) is 8.82. The van der Waals surface area contributed by atoms with Crippen molar-refractivity contribution >= 4 is 17.9 Å². The first-order valence-corrected chi connectivity index (χ1v) is 7.35. The molecule has 2 aromatic carbocycles. The number of hydrogen-bond acceptors (Lipinski definition) is 4. The van der Waals surface area contributed by atoms with Crippen molar-refractivity contribution in [3.8, 4) is 11.5 Å². The molecule has 0 bridgehead atoms. The lowest BCUT2D eigenvalue weighted by Crippen LogP contribution is -2.22. The number of benzene rings is 2. The third kappa shape index (κ3) is 4.85. The topological polar surface area (TPSA) is 68.1 Å². The molecule has 0 radical (unpaired) electrons. The predicted molar refractivity (Wildman–Crippen MR) is 89.0 cm³/mol. The van der Waals surface area contributed by atoms with E-state index in [9.17, 15) is 4.79 Å². The molecule has 0 saturated heterocycles. The van der Waals surface area contributed by atoms with Crippen LogP contribution in [0.1, 0.15) is 19.4 Å². The number of aliphatic carboxylic acids is 1. The Bertz CT molecular complexity index is 680. The van der Waals surface area contributed by atoms with Crippen molar-refractivity contribution in [1.29, 1.82) is 0 Å². The fourth-order valence-electron chi connectivity index (χ4n) is 1.87. The Morgan fingerprint density at radius 3 is 2.57 bits per heavy atom. The number of para-hydroxylation sites is 2. The molecular weight excluding hydrogens is 294 g/mol. The Kier molecular flexibility index (Phi) is 5.74. The molecule has 0 aliphatic carbocycles. The zero-order valence-electron chi connectivity index (χ0n) is 13.1. The Hall–Kier alpha value is -2.82. The van der Waals surface area contributed by atoms with Gasteiger partial charge in [0.25, 0.3) is 0 Å². The molecule has 0 aromatic heterocycles. The van der Waals surface area contributed by atoms with Gasteiger partial charge in [0.2, 0.25) is 0 Å². The average molecular weight is 313 g/mol. The highest BCUT2D eigenvalue weighted by molar-refractivity contribution is 5.83. The van der Waals surface area contributed by atoms with Crippen LogP contribution in [0.15, 0.2) is 53.5 Å². The summed E-state index contributed by atoms with van der Waals surface area (Å²) in [6, 6.07) is 14.6. The molecule has 120 valence electrons. The van der Waals surface area contributed by atoms with Crippen LogP contribution in [0.5, 0.6) is 11.5 Å². The van der Waals surface area contributed by atoms with E-state index in [-0.39, 0.29) is 0 Å². The quantitative estimate of drug-likeness (QED) is 0.792. The zero-order chi connectivity index (χ0) is 16.7. The number of ether oxygens (including phenoxy) is 2. The number of carboxylic acid groups (broad SMARTS) is 1. The van der Waals surface area contributed by atoms with Gasteiger partial charge in [-0.25, -0.2) is 4.79 Å². The maximum atomic E-state index is 10.8. The lowest BCUT2D eigenvalue weighted by atomic mass is 10.2. The molecule has 0 amide bonds. The van der Waals surface area contributed by atoms with Crippen LogP contribution in [0, 0.1) is 0 Å². The Morgan fingerprint density at radius 1 is 1.22 bits per heavy atom. The van der Waals surface area contributed by atoms with Crippen LogP contribution in [0.3, 0.4) is 0 Å². The second kappa shape index (κ2) is 7.98. The highest BCUT2D eigenvalue weighted by Crippen LogP contribution is 2.26. The highest BCUT2D eigenvalue weighted by Gasteiger charge is 2.11. The number of rotatable bonds is 7. The van der Waals surface area contributed by atoms with Crippen LogP contribution in [0.4, 0.5) is 5.69 Å². The molecule has 2 rings (SSSR count). The SMILES string of the molecule is CCOc1ccccc1N=Cc1ccc(O[C@H](C)C(=O)O)cc1. The van der Waals surface area contributed by atoms with Gasteiger partial charge in [-0.2, -0.15) is 0 Å². The second-order valence-corrected chi connectivity index (χ2v) is 4.83. The summed E-state index contributed by atoms with van der Waals surface area (Å²) in [6.07, 6.45) is 0.843. The number of carboxylic acids is 1. The van der Waals surface area contributed by atoms with Crippen LogP contribution in [0.2, 0.25) is 0 Å². The highest BCUT2D eigenvalue weighted by atomic mass is 16.5. The van der Waals surface area contributed by atoms with Crippen molar-refractivity contribution < 1.29 is 19.4 Å². The molecular formula is C18H19NO4. The lowest BCUT2D eigenvalue weighted by molar-refractivity contribution is -0.144. The lowest BCUT2D eigenvalue weighted by Gasteiger charge is -2.10. The van der Waals surface area contributed by atoms with Gasteiger partial charge in [-0.1, -0.05) is 12.1 Å². The largest absolute Gasteiger partial charge is 0.492 e. The number of nitrogens with zero attached hydrogens (tertiary/aromatic N) is 1. The van der Waals surface area contributed by atoms with Gasteiger partial charge in [-0.15, -0.1) is 0 Å². The van der Waals surface area contributed by atoms with Crippen LogP contribution in [-0.2, 0) is 4.79 Å². The summed E-state index contributed by atoms with van der Waals surface area (Å²) >= 11 is 0. The minimum Gasteiger partial charge on any atom is -0.492 e. The van der Waals surface area contributed by atoms with E-state index < -0.39 is 12.1 Å². The van der Waals surface area contributed by atoms with Crippen molar-refractivity contribution in [3.63, 3.8) is 0 Å². The van der Waals surface area contributed by atoms with Crippen LogP contribution in [-0.4, -0.2) is 30.0 Å². The fourth-order valence-corrected chi connectivity index (χ4v) is 1.87. The summed E-state index contributed by atoms with van der Waals surface area (Å²) in [6.45, 7) is 4.00. The zero-order valence-corrected chi connectivity index (χ0v) is 13.1. The Balaban J connectivity index is 2.07. The molecule has 0 aliphatic heterocycles. The van der Waals surface area contributed by atoms with Gasteiger partial charge in [0, 0.05) is 6.21 Å². The molecule has 23 heavy (non-hydrogen) atoms. The Labute approximate surface area is 135 Å². The van der Waals surface area contributed by atoms with Crippen LogP contribution >= 0.6 is 0 Å². The van der Waals surface area contributed by atoms with Crippen LogP contribution < -0.4 is 9.47 Å². The maximum Gasteiger partial charge on any atom is 0.344 e. The third-order valence-electron chi connectivity index (χ3n) is 3.06. The molecule has 2 aromatic rings. The smallest absolute Gasteiger partial charge is 0.344 e. The third-order valence-corrected chi connectivity index (χ3v) is 3.06. The van der Waals surface area contributed by atoms with E-state index in [2.05, 4.69) is 4.99 Å². The maximum absolute atomic E-state index is 10.8. The summed E-state index contributed by atoms with van der Waals surface area (Å²) in [5.74, 6) is 0.247. The molecule has 0 saturated carbocycles. The first kappa shape index (κ1) is 16.5. The van der Waals surface area contributed by atoms with Crippen LogP contribution in [0.25, 0.3) is 0 Å². The minimum absolute atomic E-state index is 0.506. The first-order chi connectivity index (χ1) is 11.1. The van der Waals surface area contributed by atoms with Gasteiger partial charge < -0.3 is 14.6 Å². The molecule has 1 N–H and O–H groups in total. The second-order valence-electron chi connectivity index (χ2n) is 4.83. The molecule has 1 atom stereocenters. The standard InChI is InChI=1S/C18H19NO4/c1-3-22-17-7-5-4-6-16(17)19-12-14-8-10-15(11-9-14)23-13(2)18(20)21/h4-13H,3H2,1-2H3,(H,20,21)/t13-/m1/s1. The summed E-state index contributed by atoms with van der Waals surface area (Å²) in [7, 11) is 0. The number of aliphatic imine (C=N–C) groups is 1. The van der Waals surface area contributed by atoms with Gasteiger partial charge in [-0.05, 0) is 55.8 Å². The van der Waals surface area contributed by atoms with Crippen molar-refractivity contribution in [2.24, 2.45) is 4.99 Å². The molecule has 0 unspecified atom stereocenters. The molecule has 0 aliphatic rings. The van der Waals surface area contributed by atoms with Crippen molar-refractivity contribution in [2.45, 2.75) is 20.0 Å². The van der Waals surface area contributed by atoms with E-state index in [0.29, 0.717) is 12.4 Å². The van der Waals surface area contributed by atoms with E-state index in [0.717, 1.165) is 17.0 Å². The summed E-state index contributed by atoms with van der Waals surface area (Å²) < 4.78 is 10.8. The fraction of sp³-hybridized carbons (Fsp3) is 0.222. The van der Waals surface area contributed by atoms with E-state index in [1.807, 2.05) is 43.3 Å². The van der Waals surface area contributed by atoms with Gasteiger partial charge in [0.05, 0.1) is 6.61 Å². The van der Waals surface area contributed by atoms with Crippen molar-refractivity contribution in [2.75, 3.05) is 6.61 Å². The Morgan fingerprint density at radius 2 is 1.91 bits per heavy atom. The first-order valence-electron chi connectivity index (χ1n) is 7.35. The summed E-state index contributed by atoms with van der Waals surface area (Å²) in [4.78, 5) is 15.2. The average Bonchev–Trinajstić information content (AvgIpc) is 2.55. The molecule has 5 nitrogen and oxygen atoms in total. The van der Waals surface area contributed by atoms with Gasteiger partial charge in [0.15, 0.2) is 6.10 Å². The van der Waals surface area contributed by atoms with Gasteiger partial charge in [0.1, 0.15) is 17.2 Å². The predicted octanol–water partition coefficient (Wildman–Crippen LogP) is 3.69. The van der Waals surface area contributed by atoms with Crippen molar-refractivity contribution in [1.82, 2.24) is 0 Å². The van der Waals surface area contributed by atoms with E-state index in [4.69, 9.17) is 14.6 Å². The van der Waals surface area contributed by atoms with E-state index in [1.54, 1.807) is 18.3 Å². The van der Waals surface area contributed by atoms with E-state index in [1.165, 1.54) is 6.92 Å². The van der Waals surface area contributed by atoms with Gasteiger partial charge >= 0.3 is 5.97 Å². The number of carbonyl (C=O) groups is 1. The molecule has 5 heteroatoms.